The molecule has 34 heavy (non-hydrogen) atoms. The van der Waals surface area contributed by atoms with Gasteiger partial charge in [-0.2, -0.15) is 10.2 Å². The first kappa shape index (κ1) is 23.6. The van der Waals surface area contributed by atoms with Crippen molar-refractivity contribution in [2.24, 2.45) is 5.92 Å². The summed E-state index contributed by atoms with van der Waals surface area (Å²) in [5.41, 5.74) is 2.02. The molecule has 2 amide bonds. The van der Waals surface area contributed by atoms with E-state index in [9.17, 15) is 14.0 Å². The molecule has 1 fully saturated rings. The van der Waals surface area contributed by atoms with E-state index in [1.807, 2.05) is 31.2 Å². The van der Waals surface area contributed by atoms with Crippen LogP contribution in [0.3, 0.4) is 0 Å². The van der Waals surface area contributed by atoms with Crippen LogP contribution in [0.4, 0.5) is 9.18 Å². The molecule has 176 valence electrons. The Kier molecular flexibility index (Phi) is 6.79. The highest BCUT2D eigenvalue weighted by atomic mass is 35.5. The predicted molar refractivity (Wildman–Crippen MR) is 125 cm³/mol. The lowest BCUT2D eigenvalue weighted by molar-refractivity contribution is 0.0477. The quantitative estimate of drug-likeness (QED) is 0.528. The number of halogens is 2. The van der Waals surface area contributed by atoms with Crippen molar-refractivity contribution in [3.63, 3.8) is 0 Å². The van der Waals surface area contributed by atoms with E-state index in [0.717, 1.165) is 5.56 Å². The minimum atomic E-state index is -0.651. The smallest absolute Gasteiger partial charge is 0.410 e. The Hall–Kier alpha value is -3.52. The zero-order valence-corrected chi connectivity index (χ0v) is 19.7. The summed E-state index contributed by atoms with van der Waals surface area (Å²) < 4.78 is 18.7. The van der Waals surface area contributed by atoms with Crippen molar-refractivity contribution in [2.45, 2.75) is 25.9 Å². The lowest BCUT2D eigenvalue weighted by atomic mass is 9.89. The Bertz CT molecular complexity index is 1190. The molecule has 0 N–H and O–H groups in total. The topological polar surface area (TPSA) is 75.6 Å². The number of aromatic nitrogens is 2. The molecule has 2 heterocycles. The van der Waals surface area contributed by atoms with Crippen LogP contribution in [0, 0.1) is 18.7 Å². The van der Waals surface area contributed by atoms with Gasteiger partial charge in [-0.3, -0.25) is 9.69 Å². The number of benzene rings is 2. The fourth-order valence-corrected chi connectivity index (χ4v) is 4.53. The third-order valence-electron chi connectivity index (χ3n) is 6.10. The Morgan fingerprint density at radius 3 is 2.47 bits per heavy atom. The highest BCUT2D eigenvalue weighted by molar-refractivity contribution is 6.30. The summed E-state index contributed by atoms with van der Waals surface area (Å²) in [7, 11) is 1.59. The van der Waals surface area contributed by atoms with Crippen LogP contribution in [-0.2, 0) is 0 Å². The molecule has 0 saturated carbocycles. The highest BCUT2D eigenvalue weighted by Gasteiger charge is 2.46. The molecule has 1 unspecified atom stereocenters. The summed E-state index contributed by atoms with van der Waals surface area (Å²) in [6.07, 6.45) is 0.181. The molecule has 7 nitrogen and oxygen atoms in total. The molecule has 3 aromatic rings. The van der Waals surface area contributed by atoms with Gasteiger partial charge in [0.2, 0.25) is 0 Å². The summed E-state index contributed by atoms with van der Waals surface area (Å²) in [6, 6.07) is 14.3. The average Bonchev–Trinajstić information content (AvgIpc) is 3.17. The van der Waals surface area contributed by atoms with E-state index in [1.54, 1.807) is 24.9 Å². The summed E-state index contributed by atoms with van der Waals surface area (Å²) in [4.78, 5) is 29.6. The van der Waals surface area contributed by atoms with Crippen LogP contribution in [0.5, 0.6) is 5.75 Å². The number of likely N-dealkylation sites (tertiary alicyclic amines) is 1. The van der Waals surface area contributed by atoms with Gasteiger partial charge < -0.3 is 9.64 Å². The minimum absolute atomic E-state index is 0.0387. The Morgan fingerprint density at radius 2 is 1.82 bits per heavy atom. The second-order valence-electron chi connectivity index (χ2n) is 8.41. The lowest BCUT2D eigenvalue weighted by Crippen LogP contribution is -2.51. The normalized spacial score (nSPS) is 19.7. The molecule has 0 radical (unpaired) electrons. The van der Waals surface area contributed by atoms with E-state index in [4.69, 9.17) is 16.3 Å². The minimum Gasteiger partial charge on any atom is -0.410 e. The third kappa shape index (κ3) is 4.87. The molecule has 1 aliphatic rings. The van der Waals surface area contributed by atoms with Gasteiger partial charge in [-0.05, 0) is 55.0 Å². The van der Waals surface area contributed by atoms with Crippen molar-refractivity contribution in [1.29, 1.82) is 0 Å². The van der Waals surface area contributed by atoms with Crippen molar-refractivity contribution in [2.75, 3.05) is 13.6 Å². The Labute approximate surface area is 202 Å². The van der Waals surface area contributed by atoms with Gasteiger partial charge in [-0.1, -0.05) is 30.7 Å². The van der Waals surface area contributed by atoms with Crippen molar-refractivity contribution in [3.8, 4) is 5.75 Å². The zero-order chi connectivity index (χ0) is 24.4. The first-order chi connectivity index (χ1) is 16.2. The van der Waals surface area contributed by atoms with Gasteiger partial charge >= 0.3 is 6.09 Å². The SMILES string of the molecule is Cc1cc(C(=O)N2C[C@H](c3ccc(Cl)cc3)[C@@H](C)C2N(C)C(=O)Oc2ccc(F)cc2)cnn1. The molecule has 9 heteroatoms. The summed E-state index contributed by atoms with van der Waals surface area (Å²) >= 11 is 6.07. The monoisotopic (exact) mass is 482 g/mol. The molecule has 4 rings (SSSR count). The van der Waals surface area contributed by atoms with E-state index < -0.39 is 18.1 Å². The van der Waals surface area contributed by atoms with Crippen LogP contribution < -0.4 is 4.74 Å². The lowest BCUT2D eigenvalue weighted by Gasteiger charge is -2.34. The van der Waals surface area contributed by atoms with E-state index >= 15 is 0 Å². The number of ether oxygens (including phenoxy) is 1. The van der Waals surface area contributed by atoms with Crippen LogP contribution in [0.25, 0.3) is 0 Å². The predicted octanol–water partition coefficient (Wildman–Crippen LogP) is 4.91. The number of hydrogen-bond acceptors (Lipinski definition) is 5. The van der Waals surface area contributed by atoms with Crippen LogP contribution >= 0.6 is 11.6 Å². The average molecular weight is 483 g/mol. The largest absolute Gasteiger partial charge is 0.416 e. The first-order valence-electron chi connectivity index (χ1n) is 10.8. The number of carbonyl (C=O) groups is 2. The molecule has 1 aromatic heterocycles. The molecule has 3 atom stereocenters. The van der Waals surface area contributed by atoms with E-state index in [-0.39, 0.29) is 23.5 Å². The number of carbonyl (C=O) groups excluding carboxylic acids is 2. The van der Waals surface area contributed by atoms with E-state index in [0.29, 0.717) is 22.8 Å². The number of amides is 2. The molecular formula is C25H24ClFN4O3. The van der Waals surface area contributed by atoms with Crippen molar-refractivity contribution >= 4 is 23.6 Å². The van der Waals surface area contributed by atoms with Crippen LogP contribution in [0.1, 0.15) is 34.5 Å². The number of nitrogens with zero attached hydrogens (tertiary/aromatic N) is 4. The zero-order valence-electron chi connectivity index (χ0n) is 19.0. The van der Waals surface area contributed by atoms with E-state index in [1.165, 1.54) is 35.4 Å². The highest BCUT2D eigenvalue weighted by Crippen LogP contribution is 2.39. The number of hydrogen-bond donors (Lipinski definition) is 0. The van der Waals surface area contributed by atoms with Crippen LogP contribution in [0.15, 0.2) is 60.8 Å². The standard InChI is InChI=1S/C25H24ClFN4O3/c1-15-12-18(13-28-29-15)24(32)31-14-22(17-4-6-19(26)7-5-17)16(2)23(31)30(3)25(33)34-21-10-8-20(27)9-11-21/h4-13,16,22-23H,14H2,1-3H3/t16-,22+,23?/m1/s1. The van der Waals surface area contributed by atoms with Gasteiger partial charge in [-0.15, -0.1) is 0 Å². The second kappa shape index (κ2) is 9.77. The third-order valence-corrected chi connectivity index (χ3v) is 6.36. The Balaban J connectivity index is 1.64. The molecule has 1 aliphatic heterocycles. The first-order valence-corrected chi connectivity index (χ1v) is 11.2. The summed E-state index contributed by atoms with van der Waals surface area (Å²) in [5, 5.41) is 8.45. The van der Waals surface area contributed by atoms with Gasteiger partial charge in [0.05, 0.1) is 17.5 Å². The van der Waals surface area contributed by atoms with Crippen LogP contribution in [0.2, 0.25) is 5.02 Å². The van der Waals surface area contributed by atoms with Crippen molar-refractivity contribution in [3.05, 3.63) is 88.5 Å². The van der Waals surface area contributed by atoms with Gasteiger partial charge in [-0.25, -0.2) is 9.18 Å². The van der Waals surface area contributed by atoms with Crippen LogP contribution in [-0.4, -0.2) is 51.8 Å². The van der Waals surface area contributed by atoms with E-state index in [2.05, 4.69) is 10.2 Å². The van der Waals surface area contributed by atoms with Gasteiger partial charge in [0.1, 0.15) is 17.7 Å². The van der Waals surface area contributed by atoms with Crippen molar-refractivity contribution < 1.29 is 18.7 Å². The van der Waals surface area contributed by atoms with Gasteiger partial charge in [0, 0.05) is 30.5 Å². The second-order valence-corrected chi connectivity index (χ2v) is 8.84. The van der Waals surface area contributed by atoms with Gasteiger partial charge in [0.15, 0.2) is 0 Å². The molecular weight excluding hydrogens is 459 g/mol. The maximum atomic E-state index is 13.5. The molecule has 2 aromatic carbocycles. The summed E-state index contributed by atoms with van der Waals surface area (Å²) in [5.74, 6) is -0.630. The molecule has 0 spiro atoms. The number of rotatable bonds is 4. The molecule has 0 bridgehead atoms. The van der Waals surface area contributed by atoms with Gasteiger partial charge in [0.25, 0.3) is 5.91 Å². The number of aryl methyl sites for hydroxylation is 1. The maximum absolute atomic E-state index is 13.5. The fourth-order valence-electron chi connectivity index (χ4n) is 4.40. The van der Waals surface area contributed by atoms with Crippen molar-refractivity contribution in [1.82, 2.24) is 20.0 Å². The fraction of sp³-hybridized carbons (Fsp3) is 0.280. The molecule has 1 saturated heterocycles. The maximum Gasteiger partial charge on any atom is 0.416 e. The Morgan fingerprint density at radius 1 is 1.15 bits per heavy atom. The summed E-state index contributed by atoms with van der Waals surface area (Å²) in [6.45, 7) is 4.15. The molecule has 0 aliphatic carbocycles.